The summed E-state index contributed by atoms with van der Waals surface area (Å²) < 4.78 is 6.34. The van der Waals surface area contributed by atoms with Gasteiger partial charge in [-0.3, -0.25) is 0 Å². The second kappa shape index (κ2) is 5.34. The van der Waals surface area contributed by atoms with E-state index in [1.807, 2.05) is 18.8 Å². The van der Waals surface area contributed by atoms with Crippen molar-refractivity contribution in [1.82, 2.24) is 5.32 Å². The van der Waals surface area contributed by atoms with Gasteiger partial charge >= 0.3 is 0 Å². The Kier molecular flexibility index (Phi) is 4.08. The Morgan fingerprint density at radius 2 is 2.33 bits per heavy atom. The Bertz CT molecular complexity index is 341. The van der Waals surface area contributed by atoms with Crippen LogP contribution >= 0.6 is 27.7 Å². The number of ether oxygens (including phenoxy) is 1. The first-order valence-corrected chi connectivity index (χ1v) is 6.64. The van der Waals surface area contributed by atoms with Gasteiger partial charge in [0.05, 0.1) is 18.5 Å². The van der Waals surface area contributed by atoms with E-state index >= 15 is 0 Å². The van der Waals surface area contributed by atoms with Gasteiger partial charge in [0, 0.05) is 15.9 Å². The quantitative estimate of drug-likeness (QED) is 0.920. The summed E-state index contributed by atoms with van der Waals surface area (Å²) in [4.78, 5) is 1.31. The van der Waals surface area contributed by atoms with E-state index in [1.54, 1.807) is 0 Å². The highest BCUT2D eigenvalue weighted by atomic mass is 79.9. The van der Waals surface area contributed by atoms with Gasteiger partial charge in [-0.2, -0.15) is 0 Å². The second-order valence-electron chi connectivity index (χ2n) is 3.56. The van der Waals surface area contributed by atoms with Crippen molar-refractivity contribution in [3.05, 3.63) is 28.2 Å². The topological polar surface area (TPSA) is 21.3 Å². The molecule has 0 spiro atoms. The summed E-state index contributed by atoms with van der Waals surface area (Å²) in [5.74, 6) is 0. The predicted octanol–water partition coefficient (Wildman–Crippen LogP) is 2.66. The number of halogens is 1. The van der Waals surface area contributed by atoms with E-state index < -0.39 is 0 Å². The third kappa shape index (κ3) is 2.97. The summed E-state index contributed by atoms with van der Waals surface area (Å²) >= 11 is 5.49. The Morgan fingerprint density at radius 1 is 1.53 bits per heavy atom. The number of hydrogen-bond acceptors (Lipinski definition) is 3. The van der Waals surface area contributed by atoms with Crippen LogP contribution in [0.4, 0.5) is 0 Å². The molecule has 0 aliphatic carbocycles. The van der Waals surface area contributed by atoms with Crippen LogP contribution in [-0.2, 0) is 11.3 Å². The fourth-order valence-corrected chi connectivity index (χ4v) is 3.13. The molecule has 0 radical (unpaired) electrons. The maximum Gasteiger partial charge on any atom is 0.0611 e. The molecule has 15 heavy (non-hydrogen) atoms. The molecule has 0 saturated carbocycles. The molecule has 0 aromatic heterocycles. The van der Waals surface area contributed by atoms with Crippen LogP contribution in [0.15, 0.2) is 27.6 Å². The smallest absolute Gasteiger partial charge is 0.0611 e. The van der Waals surface area contributed by atoms with E-state index in [9.17, 15) is 0 Å². The standard InChI is InChI=1S/C11H14BrNOS/c1-13-5-8-2-3-9(4-11(8)12)15-10-6-14-7-10/h2-4,10,13H,5-7H2,1H3. The first-order chi connectivity index (χ1) is 7.29. The van der Waals surface area contributed by atoms with Gasteiger partial charge in [-0.25, -0.2) is 0 Å². The number of nitrogens with one attached hydrogen (secondary N) is 1. The lowest BCUT2D eigenvalue weighted by Crippen LogP contribution is -2.29. The van der Waals surface area contributed by atoms with Crippen molar-refractivity contribution in [3.63, 3.8) is 0 Å². The zero-order valence-electron chi connectivity index (χ0n) is 8.63. The molecule has 0 unspecified atom stereocenters. The number of benzene rings is 1. The largest absolute Gasteiger partial charge is 0.379 e. The van der Waals surface area contributed by atoms with Crippen molar-refractivity contribution in [2.75, 3.05) is 20.3 Å². The highest BCUT2D eigenvalue weighted by molar-refractivity contribution is 9.10. The van der Waals surface area contributed by atoms with Gasteiger partial charge in [0.25, 0.3) is 0 Å². The maximum absolute atomic E-state index is 5.16. The molecule has 2 rings (SSSR count). The van der Waals surface area contributed by atoms with E-state index in [2.05, 4.69) is 39.4 Å². The zero-order valence-corrected chi connectivity index (χ0v) is 11.0. The lowest BCUT2D eigenvalue weighted by molar-refractivity contribution is 0.0455. The van der Waals surface area contributed by atoms with Crippen molar-refractivity contribution in [3.8, 4) is 0 Å². The summed E-state index contributed by atoms with van der Waals surface area (Å²) in [5, 5.41) is 3.80. The third-order valence-electron chi connectivity index (χ3n) is 2.30. The molecule has 1 aromatic carbocycles. The number of rotatable bonds is 4. The molecule has 0 bridgehead atoms. The van der Waals surface area contributed by atoms with Gasteiger partial charge in [0.1, 0.15) is 0 Å². The minimum absolute atomic E-state index is 0.645. The van der Waals surface area contributed by atoms with Crippen LogP contribution in [0, 0.1) is 0 Å². The molecule has 1 heterocycles. The summed E-state index contributed by atoms with van der Waals surface area (Å²) in [6, 6.07) is 6.54. The van der Waals surface area contributed by atoms with Gasteiger partial charge < -0.3 is 10.1 Å². The predicted molar refractivity (Wildman–Crippen MR) is 67.4 cm³/mol. The molecule has 0 atom stereocenters. The molecule has 1 N–H and O–H groups in total. The van der Waals surface area contributed by atoms with E-state index in [0.29, 0.717) is 5.25 Å². The number of hydrogen-bond donors (Lipinski definition) is 1. The lowest BCUT2D eigenvalue weighted by Gasteiger charge is -2.25. The van der Waals surface area contributed by atoms with Crippen molar-refractivity contribution >= 4 is 27.7 Å². The SMILES string of the molecule is CNCc1ccc(SC2COC2)cc1Br. The van der Waals surface area contributed by atoms with Crippen LogP contribution in [0.25, 0.3) is 0 Å². The van der Waals surface area contributed by atoms with E-state index in [0.717, 1.165) is 19.8 Å². The molecule has 1 aliphatic heterocycles. The Labute approximate surface area is 103 Å². The Balaban J connectivity index is 2.03. The van der Waals surface area contributed by atoms with Crippen LogP contribution in [0.1, 0.15) is 5.56 Å². The van der Waals surface area contributed by atoms with Crippen LogP contribution in [-0.4, -0.2) is 25.5 Å². The van der Waals surface area contributed by atoms with E-state index in [1.165, 1.54) is 14.9 Å². The van der Waals surface area contributed by atoms with Gasteiger partial charge in [0.15, 0.2) is 0 Å². The second-order valence-corrected chi connectivity index (χ2v) is 5.79. The average molecular weight is 288 g/mol. The van der Waals surface area contributed by atoms with Crippen molar-refractivity contribution < 1.29 is 4.74 Å². The monoisotopic (exact) mass is 287 g/mol. The highest BCUT2D eigenvalue weighted by Gasteiger charge is 2.19. The van der Waals surface area contributed by atoms with Crippen LogP contribution < -0.4 is 5.32 Å². The molecule has 1 aliphatic rings. The fraction of sp³-hybridized carbons (Fsp3) is 0.455. The van der Waals surface area contributed by atoms with Gasteiger partial charge in [-0.05, 0) is 24.7 Å². The summed E-state index contributed by atoms with van der Waals surface area (Å²) in [6.45, 7) is 2.68. The van der Waals surface area contributed by atoms with Gasteiger partial charge in [-0.15, -0.1) is 11.8 Å². The first kappa shape index (κ1) is 11.5. The van der Waals surface area contributed by atoms with Gasteiger partial charge in [-0.1, -0.05) is 22.0 Å². The van der Waals surface area contributed by atoms with Crippen LogP contribution in [0.5, 0.6) is 0 Å². The maximum atomic E-state index is 5.16. The van der Waals surface area contributed by atoms with E-state index in [-0.39, 0.29) is 0 Å². The summed E-state index contributed by atoms with van der Waals surface area (Å²) in [5.41, 5.74) is 1.30. The molecule has 2 nitrogen and oxygen atoms in total. The highest BCUT2D eigenvalue weighted by Crippen LogP contribution is 2.31. The molecule has 0 amide bonds. The lowest BCUT2D eigenvalue weighted by atomic mass is 10.2. The molecule has 1 saturated heterocycles. The molecule has 4 heteroatoms. The average Bonchev–Trinajstić information content (AvgIpc) is 2.16. The van der Waals surface area contributed by atoms with Gasteiger partial charge in [0.2, 0.25) is 0 Å². The first-order valence-electron chi connectivity index (χ1n) is 4.97. The van der Waals surface area contributed by atoms with Crippen molar-refractivity contribution in [2.24, 2.45) is 0 Å². The minimum Gasteiger partial charge on any atom is -0.379 e. The Morgan fingerprint density at radius 3 is 2.87 bits per heavy atom. The van der Waals surface area contributed by atoms with Crippen LogP contribution in [0.3, 0.4) is 0 Å². The van der Waals surface area contributed by atoms with Crippen molar-refractivity contribution in [2.45, 2.75) is 16.7 Å². The Hall–Kier alpha value is -0.0300. The normalized spacial score (nSPS) is 16.4. The third-order valence-corrected chi connectivity index (χ3v) is 4.17. The van der Waals surface area contributed by atoms with Crippen molar-refractivity contribution in [1.29, 1.82) is 0 Å². The number of thioether (sulfide) groups is 1. The molecular weight excluding hydrogens is 274 g/mol. The molecule has 82 valence electrons. The summed E-state index contributed by atoms with van der Waals surface area (Å²) in [6.07, 6.45) is 0. The van der Waals surface area contributed by atoms with Crippen LogP contribution in [0.2, 0.25) is 0 Å². The molecule has 1 fully saturated rings. The zero-order chi connectivity index (χ0) is 10.7. The minimum atomic E-state index is 0.645. The molecule has 1 aromatic rings. The summed E-state index contributed by atoms with van der Waals surface area (Å²) in [7, 11) is 1.96. The van der Waals surface area contributed by atoms with E-state index in [4.69, 9.17) is 4.74 Å². The molecular formula is C11H14BrNOS. The fourth-order valence-electron chi connectivity index (χ4n) is 1.41.